The summed E-state index contributed by atoms with van der Waals surface area (Å²) in [5.74, 6) is -1.44. The molecule has 0 heterocycles. The van der Waals surface area contributed by atoms with Crippen LogP contribution in [0, 0.1) is 11.6 Å². The van der Waals surface area contributed by atoms with E-state index < -0.39 is 23.8 Å². The molecule has 144 valence electrons. The summed E-state index contributed by atoms with van der Waals surface area (Å²) in [6, 6.07) is 8.66. The van der Waals surface area contributed by atoms with Crippen molar-refractivity contribution in [1.29, 1.82) is 0 Å². The lowest BCUT2D eigenvalue weighted by Crippen LogP contribution is -2.47. The number of rotatable bonds is 7. The molecule has 0 saturated heterocycles. The molecule has 0 aliphatic carbocycles. The van der Waals surface area contributed by atoms with Crippen molar-refractivity contribution in [3.8, 4) is 0 Å². The summed E-state index contributed by atoms with van der Waals surface area (Å²) in [7, 11) is 0. The Labute approximate surface area is 164 Å². The van der Waals surface area contributed by atoms with Crippen LogP contribution < -0.4 is 16.0 Å². The molecule has 1 atom stereocenters. The fourth-order valence-electron chi connectivity index (χ4n) is 2.36. The van der Waals surface area contributed by atoms with E-state index in [2.05, 4.69) is 31.9 Å². The molecule has 0 aromatic heterocycles. The molecule has 2 rings (SSSR count). The van der Waals surface area contributed by atoms with E-state index in [0.717, 1.165) is 5.56 Å². The maximum atomic E-state index is 13.9. The van der Waals surface area contributed by atoms with Crippen molar-refractivity contribution in [3.05, 3.63) is 64.1 Å². The van der Waals surface area contributed by atoms with Gasteiger partial charge in [-0.3, -0.25) is 4.79 Å². The summed E-state index contributed by atoms with van der Waals surface area (Å²) < 4.78 is 27.3. The second-order valence-corrected chi connectivity index (χ2v) is 6.82. The highest BCUT2D eigenvalue weighted by Gasteiger charge is 2.21. The van der Waals surface area contributed by atoms with Crippen LogP contribution in [0.2, 0.25) is 0 Å². The van der Waals surface area contributed by atoms with Crippen molar-refractivity contribution in [1.82, 2.24) is 10.6 Å². The maximum absolute atomic E-state index is 13.9. The van der Waals surface area contributed by atoms with Gasteiger partial charge in [0.1, 0.15) is 17.7 Å². The van der Waals surface area contributed by atoms with Gasteiger partial charge in [-0.2, -0.15) is 0 Å². The van der Waals surface area contributed by atoms with Gasteiger partial charge in [0, 0.05) is 11.0 Å². The van der Waals surface area contributed by atoms with Gasteiger partial charge >= 0.3 is 6.03 Å². The fourth-order valence-corrected chi connectivity index (χ4v) is 2.70. The molecule has 2 aromatic rings. The smallest absolute Gasteiger partial charge is 0.315 e. The number of amides is 3. The van der Waals surface area contributed by atoms with Gasteiger partial charge in [-0.15, -0.1) is 0 Å². The second-order valence-electron chi connectivity index (χ2n) is 5.91. The maximum Gasteiger partial charge on any atom is 0.315 e. The highest BCUT2D eigenvalue weighted by atomic mass is 79.9. The van der Waals surface area contributed by atoms with Gasteiger partial charge in [-0.1, -0.05) is 41.4 Å². The third kappa shape index (κ3) is 6.63. The van der Waals surface area contributed by atoms with Crippen LogP contribution in [0.15, 0.2) is 46.9 Å². The number of carbonyl (C=O) groups excluding carboxylic acids is 2. The summed E-state index contributed by atoms with van der Waals surface area (Å²) in [4.78, 5) is 24.5. The van der Waals surface area contributed by atoms with Crippen molar-refractivity contribution in [2.24, 2.45) is 0 Å². The number of halogens is 3. The minimum absolute atomic E-state index is 0.0397. The number of hydrogen-bond donors (Lipinski definition) is 3. The predicted octanol–water partition coefficient (Wildman–Crippen LogP) is 4.33. The molecule has 5 nitrogen and oxygen atoms in total. The van der Waals surface area contributed by atoms with E-state index in [-0.39, 0.29) is 18.0 Å². The SMILES string of the molecule is CCCC(NC(=O)NCc1ccc(F)cc1)C(=O)Nc1ccc(Br)cc1F. The minimum atomic E-state index is -0.814. The first-order chi connectivity index (χ1) is 12.9. The zero-order valence-electron chi connectivity index (χ0n) is 14.7. The van der Waals surface area contributed by atoms with E-state index in [9.17, 15) is 18.4 Å². The van der Waals surface area contributed by atoms with Crippen LogP contribution in [0.25, 0.3) is 0 Å². The standard InChI is InChI=1S/C19H20BrF2N3O2/c1-2-3-17(18(26)24-16-9-6-13(20)10-15(16)22)25-19(27)23-11-12-4-7-14(21)8-5-12/h4-10,17H,2-3,11H2,1H3,(H,24,26)(H2,23,25,27). The van der Waals surface area contributed by atoms with Gasteiger partial charge in [0.05, 0.1) is 5.69 Å². The van der Waals surface area contributed by atoms with Crippen molar-refractivity contribution in [2.45, 2.75) is 32.4 Å². The van der Waals surface area contributed by atoms with Crippen LogP contribution in [0.3, 0.4) is 0 Å². The molecule has 8 heteroatoms. The number of anilines is 1. The molecule has 2 aromatic carbocycles. The third-order valence-electron chi connectivity index (χ3n) is 3.75. The van der Waals surface area contributed by atoms with E-state index in [1.165, 1.54) is 24.3 Å². The van der Waals surface area contributed by atoms with Crippen LogP contribution >= 0.6 is 15.9 Å². The molecule has 0 saturated carbocycles. The average molecular weight is 440 g/mol. The molecular formula is C19H20BrF2N3O2. The van der Waals surface area contributed by atoms with E-state index in [0.29, 0.717) is 17.3 Å². The summed E-state index contributed by atoms with van der Waals surface area (Å²) >= 11 is 3.15. The Balaban J connectivity index is 1.93. The summed E-state index contributed by atoms with van der Waals surface area (Å²) in [5, 5.41) is 7.68. The third-order valence-corrected chi connectivity index (χ3v) is 4.25. The van der Waals surface area contributed by atoms with Crippen molar-refractivity contribution in [3.63, 3.8) is 0 Å². The van der Waals surface area contributed by atoms with Gasteiger partial charge in [0.15, 0.2) is 0 Å². The molecule has 0 bridgehead atoms. The first kappa shape index (κ1) is 20.8. The molecule has 0 fully saturated rings. The minimum Gasteiger partial charge on any atom is -0.334 e. The summed E-state index contributed by atoms with van der Waals surface area (Å²) in [5.41, 5.74) is 0.762. The first-order valence-electron chi connectivity index (χ1n) is 8.43. The molecule has 1 unspecified atom stereocenters. The van der Waals surface area contributed by atoms with Gasteiger partial charge in [-0.25, -0.2) is 13.6 Å². The Morgan fingerprint density at radius 1 is 1.11 bits per heavy atom. The van der Waals surface area contributed by atoms with Crippen LogP contribution in [0.4, 0.5) is 19.3 Å². The quantitative estimate of drug-likeness (QED) is 0.600. The number of nitrogens with one attached hydrogen (secondary N) is 3. The van der Waals surface area contributed by atoms with Crippen LogP contribution in [-0.2, 0) is 11.3 Å². The van der Waals surface area contributed by atoms with Crippen LogP contribution in [0.5, 0.6) is 0 Å². The highest BCUT2D eigenvalue weighted by molar-refractivity contribution is 9.10. The Hall–Kier alpha value is -2.48. The zero-order valence-corrected chi connectivity index (χ0v) is 16.3. The first-order valence-corrected chi connectivity index (χ1v) is 9.23. The molecule has 0 aliphatic heterocycles. The number of hydrogen-bond acceptors (Lipinski definition) is 2. The molecule has 0 aliphatic rings. The second kappa shape index (κ2) is 10.0. The van der Waals surface area contributed by atoms with E-state index in [4.69, 9.17) is 0 Å². The largest absolute Gasteiger partial charge is 0.334 e. The Morgan fingerprint density at radius 3 is 2.44 bits per heavy atom. The van der Waals surface area contributed by atoms with E-state index in [1.807, 2.05) is 6.92 Å². The van der Waals surface area contributed by atoms with E-state index in [1.54, 1.807) is 18.2 Å². The van der Waals surface area contributed by atoms with Gasteiger partial charge < -0.3 is 16.0 Å². The van der Waals surface area contributed by atoms with Gasteiger partial charge in [0.25, 0.3) is 0 Å². The Morgan fingerprint density at radius 2 is 1.81 bits per heavy atom. The van der Waals surface area contributed by atoms with Gasteiger partial charge in [0.2, 0.25) is 5.91 Å². The lowest BCUT2D eigenvalue weighted by Gasteiger charge is -2.18. The molecule has 0 spiro atoms. The lowest BCUT2D eigenvalue weighted by atomic mass is 10.1. The van der Waals surface area contributed by atoms with Gasteiger partial charge in [-0.05, 0) is 42.3 Å². The molecule has 0 radical (unpaired) electrons. The normalized spacial score (nSPS) is 11.6. The zero-order chi connectivity index (χ0) is 19.8. The number of benzene rings is 2. The Bertz CT molecular complexity index is 800. The molecular weight excluding hydrogens is 420 g/mol. The van der Waals surface area contributed by atoms with Crippen molar-refractivity contribution < 1.29 is 18.4 Å². The van der Waals surface area contributed by atoms with Crippen LogP contribution in [0.1, 0.15) is 25.3 Å². The van der Waals surface area contributed by atoms with Crippen molar-refractivity contribution in [2.75, 3.05) is 5.32 Å². The monoisotopic (exact) mass is 439 g/mol. The molecule has 27 heavy (non-hydrogen) atoms. The average Bonchev–Trinajstić information content (AvgIpc) is 2.63. The number of carbonyl (C=O) groups is 2. The molecule has 3 N–H and O–H groups in total. The molecule has 3 amide bonds. The summed E-state index contributed by atoms with van der Waals surface area (Å²) in [6.07, 6.45) is 1.05. The Kier molecular flexibility index (Phi) is 7.72. The van der Waals surface area contributed by atoms with Crippen molar-refractivity contribution >= 4 is 33.6 Å². The van der Waals surface area contributed by atoms with Crippen LogP contribution in [-0.4, -0.2) is 18.0 Å². The fraction of sp³-hybridized carbons (Fsp3) is 0.263. The number of urea groups is 1. The summed E-state index contributed by atoms with van der Waals surface area (Å²) in [6.45, 7) is 2.06. The lowest BCUT2D eigenvalue weighted by molar-refractivity contribution is -0.118. The topological polar surface area (TPSA) is 70.2 Å². The predicted molar refractivity (Wildman–Crippen MR) is 103 cm³/mol. The highest BCUT2D eigenvalue weighted by Crippen LogP contribution is 2.19. The van der Waals surface area contributed by atoms with E-state index >= 15 is 0 Å².